The molecule has 0 unspecified atom stereocenters. The Kier molecular flexibility index (Phi) is 5.44. The van der Waals surface area contributed by atoms with Crippen molar-refractivity contribution in [1.82, 2.24) is 9.97 Å². The number of esters is 2. The molecule has 0 aliphatic carbocycles. The smallest absolute Gasteiger partial charge is 0.340 e. The molecule has 0 N–H and O–H groups in total. The van der Waals surface area contributed by atoms with Crippen LogP contribution in [0.2, 0.25) is 0 Å². The fourth-order valence-corrected chi connectivity index (χ4v) is 2.18. The molecule has 138 valence electrons. The van der Waals surface area contributed by atoms with Gasteiger partial charge in [0, 0.05) is 12.4 Å². The first-order chi connectivity index (χ1) is 12.0. The first kappa shape index (κ1) is 19.6. The highest BCUT2D eigenvalue weighted by Gasteiger charge is 2.26. The van der Waals surface area contributed by atoms with Gasteiger partial charge in [0.1, 0.15) is 22.6 Å². The zero-order valence-corrected chi connectivity index (χ0v) is 16.0. The van der Waals surface area contributed by atoms with Crippen LogP contribution >= 0.6 is 0 Å². The normalized spacial score (nSPS) is 11.8. The van der Waals surface area contributed by atoms with E-state index in [1.54, 1.807) is 65.8 Å². The Morgan fingerprint density at radius 2 is 1.08 bits per heavy atom. The molecular formula is C20H24N2O4. The summed E-state index contributed by atoms with van der Waals surface area (Å²) in [4.78, 5) is 33.7. The first-order valence-electron chi connectivity index (χ1n) is 8.35. The summed E-state index contributed by atoms with van der Waals surface area (Å²) in [5.41, 5.74) is -0.256. The molecular weight excluding hydrogens is 332 g/mol. The highest BCUT2D eigenvalue weighted by atomic mass is 16.6. The van der Waals surface area contributed by atoms with Crippen LogP contribution in [0.1, 0.15) is 62.3 Å². The van der Waals surface area contributed by atoms with Gasteiger partial charge in [0.2, 0.25) is 0 Å². The first-order valence-corrected chi connectivity index (χ1v) is 8.35. The zero-order valence-electron chi connectivity index (χ0n) is 16.0. The van der Waals surface area contributed by atoms with Gasteiger partial charge in [-0.2, -0.15) is 0 Å². The maximum absolute atomic E-state index is 12.6. The van der Waals surface area contributed by atoms with E-state index in [2.05, 4.69) is 9.97 Å². The van der Waals surface area contributed by atoms with E-state index in [-0.39, 0.29) is 22.5 Å². The van der Waals surface area contributed by atoms with Crippen molar-refractivity contribution in [3.63, 3.8) is 0 Å². The molecule has 0 aliphatic rings. The minimum Gasteiger partial charge on any atom is -0.456 e. The van der Waals surface area contributed by atoms with Crippen molar-refractivity contribution < 1.29 is 19.1 Å². The molecule has 2 aromatic heterocycles. The van der Waals surface area contributed by atoms with Crippen LogP contribution in [-0.2, 0) is 9.47 Å². The van der Waals surface area contributed by atoms with Crippen molar-refractivity contribution >= 4 is 11.9 Å². The van der Waals surface area contributed by atoms with E-state index in [1.165, 1.54) is 12.4 Å². The van der Waals surface area contributed by atoms with Gasteiger partial charge in [-0.1, -0.05) is 0 Å². The molecule has 0 saturated carbocycles. The monoisotopic (exact) mass is 356 g/mol. The molecule has 0 spiro atoms. The lowest BCUT2D eigenvalue weighted by Crippen LogP contribution is -2.25. The predicted octanol–water partition coefficient (Wildman–Crippen LogP) is 4.05. The van der Waals surface area contributed by atoms with Crippen LogP contribution in [-0.4, -0.2) is 33.1 Å². The topological polar surface area (TPSA) is 78.4 Å². The van der Waals surface area contributed by atoms with E-state index < -0.39 is 23.1 Å². The minimum absolute atomic E-state index is 0.242. The summed E-state index contributed by atoms with van der Waals surface area (Å²) in [6, 6.07) is 6.48. The van der Waals surface area contributed by atoms with E-state index >= 15 is 0 Å². The largest absolute Gasteiger partial charge is 0.456 e. The van der Waals surface area contributed by atoms with Crippen molar-refractivity contribution in [3.8, 4) is 11.4 Å². The third kappa shape index (κ3) is 5.12. The van der Waals surface area contributed by atoms with Gasteiger partial charge in [0.15, 0.2) is 0 Å². The average molecular weight is 356 g/mol. The van der Waals surface area contributed by atoms with Crippen LogP contribution in [0, 0.1) is 0 Å². The summed E-state index contributed by atoms with van der Waals surface area (Å²) in [6.45, 7) is 10.7. The molecule has 0 amide bonds. The lowest BCUT2D eigenvalue weighted by Gasteiger charge is -2.21. The fourth-order valence-electron chi connectivity index (χ4n) is 2.18. The number of aromatic nitrogens is 2. The lowest BCUT2D eigenvalue weighted by atomic mass is 10.1. The van der Waals surface area contributed by atoms with Crippen LogP contribution < -0.4 is 0 Å². The van der Waals surface area contributed by atoms with E-state index in [9.17, 15) is 9.59 Å². The maximum Gasteiger partial charge on any atom is 0.340 e. The molecule has 0 radical (unpaired) electrons. The summed E-state index contributed by atoms with van der Waals surface area (Å²) < 4.78 is 10.9. The molecule has 6 nitrogen and oxygen atoms in total. The quantitative estimate of drug-likeness (QED) is 0.772. The van der Waals surface area contributed by atoms with Crippen molar-refractivity contribution in [2.24, 2.45) is 0 Å². The van der Waals surface area contributed by atoms with Gasteiger partial charge < -0.3 is 9.47 Å². The zero-order chi connectivity index (χ0) is 19.5. The van der Waals surface area contributed by atoms with Crippen molar-refractivity contribution in [2.45, 2.75) is 52.7 Å². The third-order valence-electron chi connectivity index (χ3n) is 3.08. The molecule has 2 heterocycles. The highest BCUT2D eigenvalue weighted by molar-refractivity contribution is 6.01. The van der Waals surface area contributed by atoms with Gasteiger partial charge in [-0.25, -0.2) is 9.59 Å². The highest BCUT2D eigenvalue weighted by Crippen LogP contribution is 2.26. The molecule has 0 aliphatic heterocycles. The Morgan fingerprint density at radius 3 is 1.38 bits per heavy atom. The summed E-state index contributed by atoms with van der Waals surface area (Å²) >= 11 is 0. The SMILES string of the molecule is CC(C)(C)OC(=O)c1cccnc1-c1ncccc1C(=O)OC(C)(C)C. The second kappa shape index (κ2) is 7.23. The molecule has 2 aromatic rings. The standard InChI is InChI=1S/C20H24N2O4/c1-19(2,3)25-17(23)13-9-7-11-21-15(13)16-14(10-8-12-22-16)18(24)26-20(4,5)6/h7-12H,1-6H3. The average Bonchev–Trinajstić information content (AvgIpc) is 2.51. The number of carbonyl (C=O) groups excluding carboxylic acids is 2. The van der Waals surface area contributed by atoms with E-state index in [4.69, 9.17) is 9.47 Å². The summed E-state index contributed by atoms with van der Waals surface area (Å²) in [6.07, 6.45) is 3.08. The Balaban J connectivity index is 2.51. The van der Waals surface area contributed by atoms with E-state index in [1.807, 2.05) is 0 Å². The number of hydrogen-bond donors (Lipinski definition) is 0. The second-order valence-electron chi connectivity index (χ2n) is 7.80. The number of pyridine rings is 2. The van der Waals surface area contributed by atoms with Gasteiger partial charge in [-0.15, -0.1) is 0 Å². The molecule has 0 atom stereocenters. The minimum atomic E-state index is -0.650. The molecule has 0 bridgehead atoms. The molecule has 0 fully saturated rings. The Hall–Kier alpha value is -2.76. The van der Waals surface area contributed by atoms with Crippen LogP contribution in [0.4, 0.5) is 0 Å². The number of hydrogen-bond acceptors (Lipinski definition) is 6. The molecule has 6 heteroatoms. The Morgan fingerprint density at radius 1 is 0.731 bits per heavy atom. The van der Waals surface area contributed by atoms with Crippen LogP contribution in [0.15, 0.2) is 36.7 Å². The predicted molar refractivity (Wildman–Crippen MR) is 97.8 cm³/mol. The van der Waals surface area contributed by atoms with Gasteiger partial charge in [-0.3, -0.25) is 9.97 Å². The Labute approximate surface area is 153 Å². The van der Waals surface area contributed by atoms with Gasteiger partial charge >= 0.3 is 11.9 Å². The van der Waals surface area contributed by atoms with E-state index in [0.29, 0.717) is 0 Å². The van der Waals surface area contributed by atoms with Crippen LogP contribution in [0.5, 0.6) is 0 Å². The van der Waals surface area contributed by atoms with Gasteiger partial charge in [-0.05, 0) is 65.8 Å². The second-order valence-corrected chi connectivity index (χ2v) is 7.80. The van der Waals surface area contributed by atoms with Crippen LogP contribution in [0.3, 0.4) is 0 Å². The van der Waals surface area contributed by atoms with Gasteiger partial charge in [0.05, 0.1) is 11.1 Å². The Bertz CT molecular complexity index is 748. The lowest BCUT2D eigenvalue weighted by molar-refractivity contribution is 0.00545. The molecule has 0 saturated heterocycles. The maximum atomic E-state index is 12.6. The van der Waals surface area contributed by atoms with Crippen molar-refractivity contribution in [2.75, 3.05) is 0 Å². The molecule has 26 heavy (non-hydrogen) atoms. The number of nitrogens with zero attached hydrogens (tertiary/aromatic N) is 2. The number of ether oxygens (including phenoxy) is 2. The third-order valence-corrected chi connectivity index (χ3v) is 3.08. The van der Waals surface area contributed by atoms with Crippen molar-refractivity contribution in [3.05, 3.63) is 47.8 Å². The van der Waals surface area contributed by atoms with Crippen LogP contribution in [0.25, 0.3) is 11.4 Å². The molecule has 0 aromatic carbocycles. The van der Waals surface area contributed by atoms with Crippen molar-refractivity contribution in [1.29, 1.82) is 0 Å². The van der Waals surface area contributed by atoms with Gasteiger partial charge in [0.25, 0.3) is 0 Å². The summed E-state index contributed by atoms with van der Waals surface area (Å²) in [7, 11) is 0. The summed E-state index contributed by atoms with van der Waals surface area (Å²) in [5.74, 6) is -1.05. The number of rotatable bonds is 3. The molecule has 2 rings (SSSR count). The number of carbonyl (C=O) groups is 2. The fraction of sp³-hybridized carbons (Fsp3) is 0.400. The summed E-state index contributed by atoms with van der Waals surface area (Å²) in [5, 5.41) is 0. The van der Waals surface area contributed by atoms with E-state index in [0.717, 1.165) is 0 Å².